The Morgan fingerprint density at radius 2 is 1.83 bits per heavy atom. The topological polar surface area (TPSA) is 12.5 Å². The Bertz CT molecular complexity index is 843. The first-order valence-corrected chi connectivity index (χ1v) is 8.33. The summed E-state index contributed by atoms with van der Waals surface area (Å²) >= 11 is 12.5. The monoisotopic (exact) mass is 345 g/mol. The molecule has 0 saturated heterocycles. The summed E-state index contributed by atoms with van der Waals surface area (Å²) in [6.45, 7) is 4.41. The van der Waals surface area contributed by atoms with Crippen LogP contribution in [-0.2, 0) is 5.41 Å². The zero-order valence-corrected chi connectivity index (χ0v) is 14.7. The van der Waals surface area contributed by atoms with Gasteiger partial charge in [0.2, 0.25) is 5.72 Å². The number of benzene rings is 2. The van der Waals surface area contributed by atoms with Gasteiger partial charge in [-0.25, -0.2) is 0 Å². The Morgan fingerprint density at radius 1 is 1.09 bits per heavy atom. The molecule has 2 aliphatic heterocycles. The average molecular weight is 346 g/mol. The maximum absolute atomic E-state index is 6.52. The van der Waals surface area contributed by atoms with Crippen LogP contribution < -0.4 is 9.64 Å². The predicted molar refractivity (Wildman–Crippen MR) is 96.7 cm³/mol. The van der Waals surface area contributed by atoms with E-state index in [4.69, 9.17) is 27.9 Å². The van der Waals surface area contributed by atoms with E-state index in [1.165, 1.54) is 11.3 Å². The van der Waals surface area contributed by atoms with Crippen molar-refractivity contribution in [3.05, 3.63) is 63.6 Å². The summed E-state index contributed by atoms with van der Waals surface area (Å²) in [6, 6.07) is 12.0. The summed E-state index contributed by atoms with van der Waals surface area (Å²) < 4.78 is 6.52. The summed E-state index contributed by atoms with van der Waals surface area (Å²) in [4.78, 5) is 2.19. The Labute approximate surface area is 146 Å². The van der Waals surface area contributed by atoms with E-state index in [9.17, 15) is 0 Å². The van der Waals surface area contributed by atoms with Crippen LogP contribution in [-0.4, -0.2) is 12.8 Å². The first kappa shape index (κ1) is 14.9. The van der Waals surface area contributed by atoms with Crippen molar-refractivity contribution in [3.63, 3.8) is 0 Å². The lowest BCUT2D eigenvalue weighted by Gasteiger charge is -2.46. The van der Waals surface area contributed by atoms with Gasteiger partial charge < -0.3 is 9.64 Å². The lowest BCUT2D eigenvalue weighted by molar-refractivity contribution is 0.0583. The summed E-state index contributed by atoms with van der Waals surface area (Å²) in [6.07, 6.45) is 4.17. The van der Waals surface area contributed by atoms with Crippen molar-refractivity contribution in [2.24, 2.45) is 0 Å². The minimum absolute atomic E-state index is 0.227. The van der Waals surface area contributed by atoms with Crippen molar-refractivity contribution < 1.29 is 4.74 Å². The highest BCUT2D eigenvalue weighted by molar-refractivity contribution is 6.36. The van der Waals surface area contributed by atoms with Crippen LogP contribution in [0.4, 0.5) is 5.69 Å². The minimum Gasteiger partial charge on any atom is -0.461 e. The second-order valence-electron chi connectivity index (χ2n) is 6.64. The molecule has 2 heterocycles. The van der Waals surface area contributed by atoms with Crippen molar-refractivity contribution in [3.8, 4) is 5.75 Å². The molecular weight excluding hydrogens is 329 g/mol. The van der Waals surface area contributed by atoms with Gasteiger partial charge in [-0.1, -0.05) is 41.4 Å². The van der Waals surface area contributed by atoms with Gasteiger partial charge >= 0.3 is 0 Å². The Balaban J connectivity index is 1.92. The number of hydrogen-bond acceptors (Lipinski definition) is 2. The van der Waals surface area contributed by atoms with Crippen molar-refractivity contribution in [1.82, 2.24) is 0 Å². The van der Waals surface area contributed by atoms with Crippen LogP contribution in [0.1, 0.15) is 25.0 Å². The number of hydrogen-bond donors (Lipinski definition) is 0. The molecule has 4 heteroatoms. The highest BCUT2D eigenvalue weighted by Gasteiger charge is 2.57. The number of likely N-dealkylation sites (N-methyl/N-ethyl adjacent to an activating group) is 1. The molecular formula is C19H17Cl2NO. The second-order valence-corrected chi connectivity index (χ2v) is 7.48. The van der Waals surface area contributed by atoms with E-state index in [0.29, 0.717) is 15.8 Å². The lowest BCUT2D eigenvalue weighted by atomic mass is 9.76. The molecule has 1 atom stereocenters. The van der Waals surface area contributed by atoms with Crippen LogP contribution in [0.3, 0.4) is 0 Å². The van der Waals surface area contributed by atoms with Gasteiger partial charge in [0.25, 0.3) is 0 Å². The van der Waals surface area contributed by atoms with Gasteiger partial charge in [0, 0.05) is 23.3 Å². The number of nitrogens with zero attached hydrogens (tertiary/aromatic N) is 1. The number of halogens is 2. The SMILES string of the molecule is CN1c2ccccc2C(C)(C)[C@]12C=Cc1cc(Cl)cc(Cl)c1O2. The fraction of sp³-hybridized carbons (Fsp3) is 0.263. The van der Waals surface area contributed by atoms with Gasteiger partial charge in [-0.3, -0.25) is 0 Å². The normalized spacial score (nSPS) is 23.6. The van der Waals surface area contributed by atoms with Crippen molar-refractivity contribution in [1.29, 1.82) is 0 Å². The van der Waals surface area contributed by atoms with E-state index >= 15 is 0 Å². The quantitative estimate of drug-likeness (QED) is 0.622. The molecule has 2 nitrogen and oxygen atoms in total. The maximum atomic E-state index is 6.52. The van der Waals surface area contributed by atoms with Gasteiger partial charge in [-0.2, -0.15) is 0 Å². The molecule has 0 unspecified atom stereocenters. The highest BCUT2D eigenvalue weighted by atomic mass is 35.5. The number of ether oxygens (including phenoxy) is 1. The third-order valence-electron chi connectivity index (χ3n) is 5.12. The summed E-state index contributed by atoms with van der Waals surface area (Å²) in [5.41, 5.74) is 2.51. The van der Waals surface area contributed by atoms with Crippen LogP contribution in [0.25, 0.3) is 6.08 Å². The largest absolute Gasteiger partial charge is 0.461 e. The summed E-state index contributed by atoms with van der Waals surface area (Å²) in [7, 11) is 2.06. The van der Waals surface area contributed by atoms with Gasteiger partial charge in [0.1, 0.15) is 5.75 Å². The molecule has 0 saturated carbocycles. The molecule has 23 heavy (non-hydrogen) atoms. The van der Waals surface area contributed by atoms with E-state index in [2.05, 4.69) is 62.2 Å². The summed E-state index contributed by atoms with van der Waals surface area (Å²) in [5.74, 6) is 0.686. The first-order chi connectivity index (χ1) is 10.9. The Kier molecular flexibility index (Phi) is 3.04. The first-order valence-electron chi connectivity index (χ1n) is 7.57. The molecule has 2 aromatic carbocycles. The van der Waals surface area contributed by atoms with Crippen LogP contribution in [0, 0.1) is 0 Å². The van der Waals surface area contributed by atoms with Crippen LogP contribution >= 0.6 is 23.2 Å². The van der Waals surface area contributed by atoms with Crippen molar-refractivity contribution in [2.75, 3.05) is 11.9 Å². The molecule has 0 amide bonds. The molecule has 0 fully saturated rings. The number of para-hydroxylation sites is 1. The summed E-state index contributed by atoms with van der Waals surface area (Å²) in [5, 5.41) is 1.15. The number of rotatable bonds is 0. The third kappa shape index (κ3) is 1.82. The maximum Gasteiger partial charge on any atom is 0.211 e. The van der Waals surface area contributed by atoms with E-state index in [0.717, 1.165) is 5.56 Å². The van der Waals surface area contributed by atoms with Crippen molar-refractivity contribution in [2.45, 2.75) is 25.0 Å². The molecule has 0 aliphatic carbocycles. The van der Waals surface area contributed by atoms with Crippen molar-refractivity contribution >= 4 is 35.0 Å². The molecule has 118 valence electrons. The zero-order chi connectivity index (χ0) is 16.4. The molecule has 4 rings (SSSR count). The molecule has 0 aromatic heterocycles. The van der Waals surface area contributed by atoms with Gasteiger partial charge in [-0.15, -0.1) is 0 Å². The average Bonchev–Trinajstić information content (AvgIpc) is 2.68. The van der Waals surface area contributed by atoms with E-state index in [1.54, 1.807) is 6.07 Å². The number of fused-ring (bicyclic) bond motifs is 2. The molecule has 0 bridgehead atoms. The van der Waals surface area contributed by atoms with E-state index < -0.39 is 5.72 Å². The standard InChI is InChI=1S/C19H17Cl2NO/c1-18(2)14-6-4-5-7-16(14)22(3)19(18)9-8-12-10-13(20)11-15(21)17(12)23-19/h4-11H,1-3H3/t19-/m1/s1. The van der Waals surface area contributed by atoms with Crippen LogP contribution in [0.2, 0.25) is 10.0 Å². The van der Waals surface area contributed by atoms with E-state index in [1.807, 2.05) is 6.07 Å². The van der Waals surface area contributed by atoms with Gasteiger partial charge in [0.05, 0.1) is 10.4 Å². The highest BCUT2D eigenvalue weighted by Crippen LogP contribution is 2.55. The molecule has 2 aliphatic rings. The second kappa shape index (κ2) is 4.68. The van der Waals surface area contributed by atoms with E-state index in [-0.39, 0.29) is 5.41 Å². The van der Waals surface area contributed by atoms with Gasteiger partial charge in [-0.05, 0) is 49.8 Å². The lowest BCUT2D eigenvalue weighted by Crippen LogP contribution is -2.58. The molecule has 0 N–H and O–H groups in total. The predicted octanol–water partition coefficient (Wildman–Crippen LogP) is 5.52. The molecule has 1 spiro atoms. The van der Waals surface area contributed by atoms with Crippen LogP contribution in [0.15, 0.2) is 42.5 Å². The van der Waals surface area contributed by atoms with Crippen LogP contribution in [0.5, 0.6) is 5.75 Å². The van der Waals surface area contributed by atoms with Gasteiger partial charge in [0.15, 0.2) is 0 Å². The fourth-order valence-electron chi connectivity index (χ4n) is 3.81. The number of anilines is 1. The zero-order valence-electron chi connectivity index (χ0n) is 13.2. The minimum atomic E-state index is -0.610. The third-order valence-corrected chi connectivity index (χ3v) is 5.62. The smallest absolute Gasteiger partial charge is 0.211 e. The Hall–Kier alpha value is -1.64. The molecule has 2 aromatic rings. The molecule has 0 radical (unpaired) electrons. The Morgan fingerprint density at radius 3 is 2.57 bits per heavy atom. The fourth-order valence-corrected chi connectivity index (χ4v) is 4.35.